The van der Waals surface area contributed by atoms with Crippen molar-refractivity contribution in [3.8, 4) is 11.6 Å². The van der Waals surface area contributed by atoms with E-state index in [1.54, 1.807) is 30.5 Å². The summed E-state index contributed by atoms with van der Waals surface area (Å²) in [6.45, 7) is 0.438. The van der Waals surface area contributed by atoms with Gasteiger partial charge in [-0.15, -0.1) is 0 Å². The summed E-state index contributed by atoms with van der Waals surface area (Å²) < 4.78 is 5.55. The zero-order valence-corrected chi connectivity index (χ0v) is 10.4. The van der Waals surface area contributed by atoms with Crippen LogP contribution in [0.4, 0.5) is 0 Å². The zero-order valence-electron chi connectivity index (χ0n) is 8.86. The first kappa shape index (κ1) is 12.2. The number of rotatable bonds is 3. The monoisotopic (exact) mass is 268 g/mol. The number of halogens is 2. The van der Waals surface area contributed by atoms with Crippen molar-refractivity contribution < 1.29 is 4.74 Å². The Morgan fingerprint density at radius 1 is 1.18 bits per heavy atom. The van der Waals surface area contributed by atoms with Gasteiger partial charge in [0, 0.05) is 23.8 Å². The van der Waals surface area contributed by atoms with Gasteiger partial charge in [-0.2, -0.15) is 0 Å². The van der Waals surface area contributed by atoms with Crippen LogP contribution in [0.5, 0.6) is 11.6 Å². The lowest BCUT2D eigenvalue weighted by Gasteiger charge is -2.07. The maximum atomic E-state index is 5.99. The minimum atomic E-state index is 0.438. The molecule has 0 radical (unpaired) electrons. The van der Waals surface area contributed by atoms with Crippen LogP contribution in [0.25, 0.3) is 0 Å². The molecular formula is C12H10Cl2N2O. The van der Waals surface area contributed by atoms with Gasteiger partial charge < -0.3 is 10.5 Å². The van der Waals surface area contributed by atoms with Crippen LogP contribution in [0.1, 0.15) is 5.56 Å². The second-order valence-corrected chi connectivity index (χ2v) is 4.23. The zero-order chi connectivity index (χ0) is 12.3. The Morgan fingerprint density at radius 2 is 2.00 bits per heavy atom. The SMILES string of the molecule is NCc1ccnc(Oc2ccc(Cl)cc2Cl)c1. The average Bonchev–Trinajstić information content (AvgIpc) is 2.33. The van der Waals surface area contributed by atoms with Crippen LogP contribution >= 0.6 is 23.2 Å². The number of nitrogens with two attached hydrogens (primary N) is 1. The standard InChI is InChI=1S/C12H10Cl2N2O/c13-9-1-2-11(10(14)6-9)17-12-5-8(7-15)3-4-16-12/h1-6H,7,15H2. The van der Waals surface area contributed by atoms with Crippen LogP contribution in [-0.4, -0.2) is 4.98 Å². The molecule has 0 spiro atoms. The van der Waals surface area contributed by atoms with Crippen molar-refractivity contribution in [2.24, 2.45) is 5.73 Å². The quantitative estimate of drug-likeness (QED) is 0.925. The predicted octanol–water partition coefficient (Wildman–Crippen LogP) is 3.64. The Labute approximate surface area is 109 Å². The third-order valence-electron chi connectivity index (χ3n) is 2.14. The van der Waals surface area contributed by atoms with Gasteiger partial charge in [0.05, 0.1) is 5.02 Å². The van der Waals surface area contributed by atoms with E-state index in [2.05, 4.69) is 4.98 Å². The highest BCUT2D eigenvalue weighted by Gasteiger charge is 2.05. The summed E-state index contributed by atoms with van der Waals surface area (Å²) in [5.41, 5.74) is 6.48. The molecular weight excluding hydrogens is 259 g/mol. The van der Waals surface area contributed by atoms with E-state index in [1.807, 2.05) is 6.07 Å². The van der Waals surface area contributed by atoms with Gasteiger partial charge in [-0.25, -0.2) is 4.98 Å². The van der Waals surface area contributed by atoms with Crippen LogP contribution in [0, 0.1) is 0 Å². The molecule has 0 bridgehead atoms. The molecule has 5 heteroatoms. The van der Waals surface area contributed by atoms with Crippen molar-refractivity contribution in [3.63, 3.8) is 0 Å². The van der Waals surface area contributed by atoms with Gasteiger partial charge in [-0.05, 0) is 29.8 Å². The molecule has 1 heterocycles. The fourth-order valence-corrected chi connectivity index (χ4v) is 1.75. The molecule has 1 aromatic carbocycles. The molecule has 0 aliphatic heterocycles. The summed E-state index contributed by atoms with van der Waals surface area (Å²) in [6.07, 6.45) is 1.64. The van der Waals surface area contributed by atoms with Crippen molar-refractivity contribution >= 4 is 23.2 Å². The molecule has 2 N–H and O–H groups in total. The van der Waals surface area contributed by atoms with E-state index in [9.17, 15) is 0 Å². The minimum Gasteiger partial charge on any atom is -0.437 e. The fraction of sp³-hybridized carbons (Fsp3) is 0.0833. The molecule has 17 heavy (non-hydrogen) atoms. The number of benzene rings is 1. The molecule has 0 unspecified atom stereocenters. The summed E-state index contributed by atoms with van der Waals surface area (Å²) in [7, 11) is 0. The van der Waals surface area contributed by atoms with E-state index in [1.165, 1.54) is 0 Å². The number of nitrogens with zero attached hydrogens (tertiary/aromatic N) is 1. The normalized spacial score (nSPS) is 10.3. The van der Waals surface area contributed by atoms with Crippen molar-refractivity contribution in [2.45, 2.75) is 6.54 Å². The molecule has 2 aromatic rings. The molecule has 0 saturated carbocycles. The van der Waals surface area contributed by atoms with E-state index in [0.29, 0.717) is 28.2 Å². The highest BCUT2D eigenvalue weighted by Crippen LogP contribution is 2.30. The number of hydrogen-bond acceptors (Lipinski definition) is 3. The number of ether oxygens (including phenoxy) is 1. The second-order valence-electron chi connectivity index (χ2n) is 3.38. The maximum Gasteiger partial charge on any atom is 0.219 e. The van der Waals surface area contributed by atoms with Crippen molar-refractivity contribution in [2.75, 3.05) is 0 Å². The van der Waals surface area contributed by atoms with Crippen LogP contribution in [0.15, 0.2) is 36.5 Å². The van der Waals surface area contributed by atoms with Gasteiger partial charge in [0.15, 0.2) is 0 Å². The van der Waals surface area contributed by atoms with E-state index >= 15 is 0 Å². The first-order valence-electron chi connectivity index (χ1n) is 4.97. The number of pyridine rings is 1. The highest BCUT2D eigenvalue weighted by atomic mass is 35.5. The Morgan fingerprint density at radius 3 is 2.71 bits per heavy atom. The smallest absolute Gasteiger partial charge is 0.219 e. The first-order chi connectivity index (χ1) is 8.19. The summed E-state index contributed by atoms with van der Waals surface area (Å²) >= 11 is 11.8. The third kappa shape index (κ3) is 3.09. The number of hydrogen-bond donors (Lipinski definition) is 1. The van der Waals surface area contributed by atoms with E-state index in [0.717, 1.165) is 5.56 Å². The minimum absolute atomic E-state index is 0.438. The largest absolute Gasteiger partial charge is 0.437 e. The molecule has 0 fully saturated rings. The molecule has 0 aliphatic rings. The summed E-state index contributed by atoms with van der Waals surface area (Å²) in [5.74, 6) is 0.968. The predicted molar refractivity (Wildman–Crippen MR) is 68.7 cm³/mol. The molecule has 88 valence electrons. The molecule has 1 aromatic heterocycles. The van der Waals surface area contributed by atoms with E-state index in [4.69, 9.17) is 33.7 Å². The van der Waals surface area contributed by atoms with Gasteiger partial charge in [0.2, 0.25) is 5.88 Å². The Kier molecular flexibility index (Phi) is 3.84. The van der Waals surface area contributed by atoms with Gasteiger partial charge in [-0.3, -0.25) is 0 Å². The lowest BCUT2D eigenvalue weighted by molar-refractivity contribution is 0.462. The molecule has 0 atom stereocenters. The number of aromatic nitrogens is 1. The summed E-state index contributed by atoms with van der Waals surface area (Å²) in [5, 5.41) is 1.00. The molecule has 0 saturated heterocycles. The Bertz CT molecular complexity index is 532. The van der Waals surface area contributed by atoms with Gasteiger partial charge in [-0.1, -0.05) is 23.2 Å². The van der Waals surface area contributed by atoms with Crippen molar-refractivity contribution in [3.05, 3.63) is 52.1 Å². The average molecular weight is 269 g/mol. The Balaban J connectivity index is 2.25. The fourth-order valence-electron chi connectivity index (χ4n) is 1.30. The molecule has 0 aliphatic carbocycles. The highest BCUT2D eigenvalue weighted by molar-refractivity contribution is 6.35. The van der Waals surface area contributed by atoms with Crippen LogP contribution in [0.2, 0.25) is 10.0 Å². The molecule has 0 amide bonds. The molecule has 3 nitrogen and oxygen atoms in total. The van der Waals surface area contributed by atoms with Crippen molar-refractivity contribution in [1.82, 2.24) is 4.98 Å². The van der Waals surface area contributed by atoms with Crippen LogP contribution < -0.4 is 10.5 Å². The van der Waals surface area contributed by atoms with Crippen LogP contribution in [-0.2, 0) is 6.54 Å². The van der Waals surface area contributed by atoms with Gasteiger partial charge in [0.25, 0.3) is 0 Å². The lowest BCUT2D eigenvalue weighted by Crippen LogP contribution is -1.97. The Hall–Kier alpha value is -1.29. The van der Waals surface area contributed by atoms with Crippen molar-refractivity contribution in [1.29, 1.82) is 0 Å². The topological polar surface area (TPSA) is 48.1 Å². The lowest BCUT2D eigenvalue weighted by atomic mass is 10.3. The van der Waals surface area contributed by atoms with E-state index in [-0.39, 0.29) is 0 Å². The summed E-state index contributed by atoms with van der Waals surface area (Å²) in [4.78, 5) is 4.08. The molecule has 2 rings (SSSR count). The van der Waals surface area contributed by atoms with Gasteiger partial charge in [0.1, 0.15) is 5.75 Å². The van der Waals surface area contributed by atoms with Gasteiger partial charge >= 0.3 is 0 Å². The summed E-state index contributed by atoms with van der Waals surface area (Å²) in [6, 6.07) is 8.61. The van der Waals surface area contributed by atoms with Crippen LogP contribution in [0.3, 0.4) is 0 Å². The van der Waals surface area contributed by atoms with E-state index < -0.39 is 0 Å². The second kappa shape index (κ2) is 5.36. The third-order valence-corrected chi connectivity index (χ3v) is 2.67. The first-order valence-corrected chi connectivity index (χ1v) is 5.72. The maximum absolute atomic E-state index is 5.99.